The third kappa shape index (κ3) is 3.21. The van der Waals surface area contributed by atoms with Crippen LogP contribution in [0.5, 0.6) is 5.75 Å². The van der Waals surface area contributed by atoms with Gasteiger partial charge in [0.25, 0.3) is 0 Å². The molecule has 4 aliphatic rings. The van der Waals surface area contributed by atoms with Crippen LogP contribution in [0.4, 0.5) is 9.18 Å². The molecule has 2 aromatic heterocycles. The number of halogens is 1. The summed E-state index contributed by atoms with van der Waals surface area (Å²) < 4.78 is 15.5. The molecule has 0 radical (unpaired) electrons. The molecule has 4 aromatic rings. The number of urea groups is 1. The van der Waals surface area contributed by atoms with Gasteiger partial charge in [0.2, 0.25) is 0 Å². The summed E-state index contributed by atoms with van der Waals surface area (Å²) in [6, 6.07) is 10.2. The Morgan fingerprint density at radius 1 is 1.24 bits per heavy atom. The second kappa shape index (κ2) is 7.10. The van der Waals surface area contributed by atoms with Gasteiger partial charge in [-0.05, 0) is 55.2 Å². The summed E-state index contributed by atoms with van der Waals surface area (Å²) in [5.74, 6) is -0.251. The van der Waals surface area contributed by atoms with Gasteiger partial charge >= 0.3 is 6.03 Å². The highest BCUT2D eigenvalue weighted by molar-refractivity contribution is 5.94. The second-order valence-corrected chi connectivity index (χ2v) is 11.1. The van der Waals surface area contributed by atoms with Crippen LogP contribution >= 0.6 is 0 Å². The number of hydrogen-bond donors (Lipinski definition) is 4. The van der Waals surface area contributed by atoms with Gasteiger partial charge < -0.3 is 20.3 Å². The number of fused-ring (bicyclic) bond motifs is 3. The summed E-state index contributed by atoms with van der Waals surface area (Å²) in [4.78, 5) is 22.3. The zero-order chi connectivity index (χ0) is 25.1. The minimum absolute atomic E-state index is 0.0372. The van der Waals surface area contributed by atoms with Crippen LogP contribution < -0.4 is 5.32 Å². The van der Waals surface area contributed by atoms with E-state index in [1.165, 1.54) is 6.07 Å². The van der Waals surface area contributed by atoms with Crippen molar-refractivity contribution in [3.63, 3.8) is 0 Å². The Morgan fingerprint density at radius 2 is 2.05 bits per heavy atom. The number of quaternary nitrogens is 1. The number of amides is 2. The quantitative estimate of drug-likeness (QED) is 0.246. The van der Waals surface area contributed by atoms with Gasteiger partial charge in [0.05, 0.1) is 30.0 Å². The third-order valence-corrected chi connectivity index (χ3v) is 8.75. The minimum Gasteiger partial charge on any atom is -0.505 e. The topological polar surface area (TPSA) is 110 Å². The number of nitrogens with zero attached hydrogens (tertiary/aromatic N) is 4. The van der Waals surface area contributed by atoms with E-state index in [1.54, 1.807) is 11.0 Å². The summed E-state index contributed by atoms with van der Waals surface area (Å²) in [6.07, 6.45) is 2.12. The first-order valence-corrected chi connectivity index (χ1v) is 12.9. The molecular formula is C27H27FN7O2+. The highest BCUT2D eigenvalue weighted by atomic mass is 19.1. The van der Waals surface area contributed by atoms with Crippen molar-refractivity contribution in [3.05, 3.63) is 53.1 Å². The van der Waals surface area contributed by atoms with Crippen LogP contribution in [0.15, 0.2) is 30.3 Å². The summed E-state index contributed by atoms with van der Waals surface area (Å²) in [6.45, 7) is 5.48. The van der Waals surface area contributed by atoms with Crippen molar-refractivity contribution >= 4 is 16.9 Å². The molecule has 1 unspecified atom stereocenters. The van der Waals surface area contributed by atoms with Gasteiger partial charge in [-0.25, -0.2) is 14.2 Å². The lowest BCUT2D eigenvalue weighted by Gasteiger charge is -2.20. The molecule has 1 aliphatic carbocycles. The molecular weight excluding hydrogens is 473 g/mol. The molecule has 3 fully saturated rings. The molecule has 10 heteroatoms. The highest BCUT2D eigenvalue weighted by Gasteiger charge is 2.76. The lowest BCUT2D eigenvalue weighted by atomic mass is 9.93. The van der Waals surface area contributed by atoms with E-state index in [0.717, 1.165) is 75.4 Å². The molecule has 2 saturated heterocycles. The molecule has 5 heterocycles. The summed E-state index contributed by atoms with van der Waals surface area (Å²) >= 11 is 0. The van der Waals surface area contributed by atoms with Gasteiger partial charge in [0.15, 0.2) is 23.4 Å². The number of phenols is 1. The van der Waals surface area contributed by atoms with Crippen LogP contribution in [0.25, 0.3) is 33.5 Å². The van der Waals surface area contributed by atoms with E-state index >= 15 is 0 Å². The maximum absolute atomic E-state index is 14.5. The number of rotatable bonds is 5. The van der Waals surface area contributed by atoms with E-state index in [0.29, 0.717) is 30.6 Å². The van der Waals surface area contributed by atoms with Gasteiger partial charge in [-0.2, -0.15) is 5.10 Å². The molecule has 4 N–H and O–H groups in total. The average Bonchev–Trinajstić information content (AvgIpc) is 3.79. The second-order valence-electron chi connectivity index (χ2n) is 11.1. The number of aromatic nitrogens is 4. The molecule has 2 amide bonds. The normalized spacial score (nSPS) is 24.2. The SMILES string of the molecule is CC(c1cc(O)c(F)cc1-c1ccc2c(-c3nc4c([nH]3)CN(C(=O)NC3CC3)C4)n[nH]c2c1)[N+]12CC1C2. The number of phenolic OH excluding ortho intramolecular Hbond substituents is 1. The number of benzene rings is 2. The van der Waals surface area contributed by atoms with E-state index in [4.69, 9.17) is 4.98 Å². The van der Waals surface area contributed by atoms with Crippen molar-refractivity contribution in [3.8, 4) is 28.4 Å². The van der Waals surface area contributed by atoms with Crippen LogP contribution in [0, 0.1) is 5.82 Å². The van der Waals surface area contributed by atoms with Gasteiger partial charge in [0.1, 0.15) is 24.8 Å². The molecule has 0 bridgehead atoms. The molecule has 8 rings (SSSR count). The number of carbonyl (C=O) groups is 1. The van der Waals surface area contributed by atoms with Crippen molar-refractivity contribution in [2.75, 3.05) is 13.1 Å². The van der Waals surface area contributed by atoms with E-state index < -0.39 is 5.82 Å². The Morgan fingerprint density at radius 3 is 2.78 bits per heavy atom. The zero-order valence-corrected chi connectivity index (χ0v) is 20.4. The Labute approximate surface area is 211 Å². The minimum atomic E-state index is -0.616. The lowest BCUT2D eigenvalue weighted by molar-refractivity contribution is -0.738. The van der Waals surface area contributed by atoms with E-state index in [-0.39, 0.29) is 17.8 Å². The predicted molar refractivity (Wildman–Crippen MR) is 134 cm³/mol. The first-order valence-electron chi connectivity index (χ1n) is 12.9. The van der Waals surface area contributed by atoms with E-state index in [2.05, 4.69) is 27.4 Å². The number of imidazole rings is 1. The zero-order valence-electron chi connectivity index (χ0n) is 20.4. The van der Waals surface area contributed by atoms with Gasteiger partial charge in [0, 0.05) is 17.0 Å². The van der Waals surface area contributed by atoms with E-state index in [9.17, 15) is 14.3 Å². The maximum atomic E-state index is 14.5. The Bertz CT molecular complexity index is 1590. The van der Waals surface area contributed by atoms with Crippen LogP contribution in [0.1, 0.15) is 42.8 Å². The molecule has 1 saturated carbocycles. The monoisotopic (exact) mass is 500 g/mol. The van der Waals surface area contributed by atoms with Crippen LogP contribution in [0.3, 0.4) is 0 Å². The molecule has 3 aliphatic heterocycles. The number of aromatic amines is 2. The maximum Gasteiger partial charge on any atom is 0.318 e. The summed E-state index contributed by atoms with van der Waals surface area (Å²) in [7, 11) is 0. The van der Waals surface area contributed by atoms with Gasteiger partial charge in [-0.1, -0.05) is 6.07 Å². The van der Waals surface area contributed by atoms with E-state index in [1.807, 2.05) is 18.2 Å². The van der Waals surface area contributed by atoms with Crippen molar-refractivity contribution in [2.24, 2.45) is 0 Å². The van der Waals surface area contributed by atoms with Crippen molar-refractivity contribution in [1.82, 2.24) is 30.4 Å². The average molecular weight is 501 g/mol. The smallest absolute Gasteiger partial charge is 0.318 e. The fourth-order valence-electron chi connectivity index (χ4n) is 5.97. The van der Waals surface area contributed by atoms with Gasteiger partial charge in [-0.3, -0.25) is 9.58 Å². The molecule has 2 aromatic carbocycles. The lowest BCUT2D eigenvalue weighted by Crippen LogP contribution is -2.37. The Hall–Kier alpha value is -3.92. The predicted octanol–water partition coefficient (Wildman–Crippen LogP) is 3.93. The Balaban J connectivity index is 1.10. The van der Waals surface area contributed by atoms with Crippen LogP contribution in [0.2, 0.25) is 0 Å². The van der Waals surface area contributed by atoms with Crippen molar-refractivity contribution < 1.29 is 18.8 Å². The number of H-pyrrole nitrogens is 2. The summed E-state index contributed by atoms with van der Waals surface area (Å²) in [5, 5.41) is 21.7. The molecule has 0 spiro atoms. The molecule has 1 atom stereocenters. The first-order chi connectivity index (χ1) is 17.9. The van der Waals surface area contributed by atoms with Gasteiger partial charge in [-0.15, -0.1) is 0 Å². The summed E-state index contributed by atoms with van der Waals surface area (Å²) in [5.41, 5.74) is 5.98. The Kier molecular flexibility index (Phi) is 4.06. The van der Waals surface area contributed by atoms with Crippen LogP contribution in [-0.4, -0.2) is 65.9 Å². The fraction of sp³-hybridized carbons (Fsp3) is 0.370. The van der Waals surface area contributed by atoms with Crippen molar-refractivity contribution in [2.45, 2.75) is 51.0 Å². The largest absolute Gasteiger partial charge is 0.505 e. The first kappa shape index (κ1) is 21.2. The molecule has 9 nitrogen and oxygen atoms in total. The number of aromatic hydroxyl groups is 1. The highest BCUT2D eigenvalue weighted by Crippen LogP contribution is 2.57. The van der Waals surface area contributed by atoms with Crippen molar-refractivity contribution in [1.29, 1.82) is 0 Å². The van der Waals surface area contributed by atoms with Crippen LogP contribution in [-0.2, 0) is 13.1 Å². The fourth-order valence-corrected chi connectivity index (χ4v) is 5.97. The molecule has 188 valence electrons. The number of nitrogens with one attached hydrogen (secondary N) is 3. The standard InChI is InChI=1S/C27H26FN7O2/c1-13(35-11-16(35)12-35)18-8-24(36)20(28)7-19(18)14-2-5-17-21(6-14)32-33-25(17)26-30-22-9-34(10-23(22)31-26)27(37)29-15-3-4-15/h2,5-8,13,15-16H,3-4,9-12H2,1H3,(H3-,29,30,31,32,33,36,37)/p+1. The molecule has 37 heavy (non-hydrogen) atoms. The third-order valence-electron chi connectivity index (χ3n) is 8.75. The number of hydrogen-bond acceptors (Lipinski definition) is 4. The number of carbonyl (C=O) groups excluding carboxylic acids is 1.